The predicted octanol–water partition coefficient (Wildman–Crippen LogP) is 5.16. The molecule has 5 heterocycles. The summed E-state index contributed by atoms with van der Waals surface area (Å²) in [5.74, 6) is -7.20. The molecule has 5 aliphatic rings. The number of anilines is 1. The molecule has 0 aromatic carbocycles. The van der Waals surface area contributed by atoms with E-state index in [9.17, 15) is 39.3 Å². The molecule has 0 unspecified atom stereocenters. The summed E-state index contributed by atoms with van der Waals surface area (Å²) in [6.45, 7) is 15.9. The van der Waals surface area contributed by atoms with Crippen LogP contribution in [0, 0.1) is 29.6 Å². The van der Waals surface area contributed by atoms with Crippen molar-refractivity contribution < 1.29 is 72.5 Å². The number of Topliss-reactive ketones (excluding diaryl/α,β-unsaturated/α-hetero) is 2. The van der Waals surface area contributed by atoms with Crippen LogP contribution in [0.2, 0.25) is 0 Å². The van der Waals surface area contributed by atoms with Gasteiger partial charge in [0, 0.05) is 129 Å². The van der Waals surface area contributed by atoms with Crippen molar-refractivity contribution in [3.8, 4) is 0 Å². The van der Waals surface area contributed by atoms with Gasteiger partial charge in [-0.1, -0.05) is 64.2 Å². The topological polar surface area (TPSA) is 284 Å². The minimum atomic E-state index is -2.47. The first kappa shape index (κ1) is 69.1. The van der Waals surface area contributed by atoms with Gasteiger partial charge in [0.05, 0.1) is 31.0 Å². The monoisotopic (exact) mass is 1190 g/mol. The number of carbonyl (C=O) groups is 5. The minimum Gasteiger partial charge on any atom is -0.459 e. The van der Waals surface area contributed by atoms with E-state index < -0.39 is 114 Å². The average molecular weight is 1190 g/mol. The van der Waals surface area contributed by atoms with Crippen molar-refractivity contribution in [1.29, 1.82) is 0 Å². The van der Waals surface area contributed by atoms with Crippen LogP contribution in [0.5, 0.6) is 0 Å². The van der Waals surface area contributed by atoms with Crippen LogP contribution in [0.3, 0.4) is 0 Å². The highest BCUT2D eigenvalue weighted by Crippen LogP contribution is 2.38. The predicted molar refractivity (Wildman–Crippen MR) is 319 cm³/mol. The van der Waals surface area contributed by atoms with E-state index in [1.807, 2.05) is 51.2 Å². The number of aliphatic hydroxyl groups is 3. The second-order valence-electron chi connectivity index (χ2n) is 24.4. The fraction of sp³-hybridized carbons (Fsp3) is 0.730. The zero-order chi connectivity index (χ0) is 62.0. The maximum Gasteiger partial charge on any atom is 0.407 e. The molecule has 1 aromatic heterocycles. The molecule has 4 aliphatic heterocycles. The molecule has 0 spiro atoms. The summed E-state index contributed by atoms with van der Waals surface area (Å²) in [7, 11) is 6.33. The van der Waals surface area contributed by atoms with E-state index in [1.54, 1.807) is 60.6 Å². The summed E-state index contributed by atoms with van der Waals surface area (Å²) >= 11 is 0. The Kier molecular flexibility index (Phi) is 27.1. The third-order valence-electron chi connectivity index (χ3n) is 18.1. The third-order valence-corrected chi connectivity index (χ3v) is 18.1. The number of nitrogens with zero attached hydrogens (tertiary/aromatic N) is 5. The van der Waals surface area contributed by atoms with Gasteiger partial charge in [-0.2, -0.15) is 0 Å². The van der Waals surface area contributed by atoms with Gasteiger partial charge in [0.25, 0.3) is 11.7 Å². The standard InChI is InChI=1S/C63H99N7O15/c1-39-16-12-11-13-17-40(2)51(80-8)34-47-21-19-44(6)63(78,85-47)58(74)59(75)70-23-15-14-18-49(70)60(76)83-53(35-52(81-9)41(3)31-43(5)56(72)57(73)55(71)42(4)30-39)48(64)32-45-20-22-50(54(33-45)82-10)84-62(77)67-38-46-36-65-61(66-37-46)69-26-24-68(25-27-69)28-29-79-7/h11-13,16-17,31,36-37,39,41-42,44-45,47-54,56-57,72-73,78H,14-15,18-30,32-35,38,64H2,1-10H3,(H,67,77)/b13-11+,16-12+,40-17+,43-31+/t39-,41-,42-,44-,45+,47+,48-,49+,50-,51+,52-,53+,54-,56-,57+,63-/m1/s1. The van der Waals surface area contributed by atoms with Crippen molar-refractivity contribution in [2.24, 2.45) is 35.3 Å². The molecule has 1 aliphatic carbocycles. The lowest BCUT2D eigenvalue weighted by atomic mass is 9.80. The number of ether oxygens (including phenoxy) is 7. The van der Waals surface area contributed by atoms with Crippen molar-refractivity contribution in [3.05, 3.63) is 65.6 Å². The first-order valence-corrected chi connectivity index (χ1v) is 30.7. The van der Waals surface area contributed by atoms with Gasteiger partial charge in [-0.15, -0.1) is 0 Å². The maximum absolute atomic E-state index is 14.7. The number of fused-ring (bicyclic) bond motifs is 3. The molecule has 16 atom stereocenters. The van der Waals surface area contributed by atoms with E-state index in [-0.39, 0.29) is 37.8 Å². The van der Waals surface area contributed by atoms with Crippen LogP contribution in [0.1, 0.15) is 124 Å². The summed E-state index contributed by atoms with van der Waals surface area (Å²) in [6.07, 6.45) is 11.7. The fourth-order valence-electron chi connectivity index (χ4n) is 12.6. The number of allylic oxidation sites excluding steroid dienone is 5. The lowest BCUT2D eigenvalue weighted by Gasteiger charge is -2.43. The van der Waals surface area contributed by atoms with Gasteiger partial charge in [-0.05, 0) is 101 Å². The van der Waals surface area contributed by atoms with Crippen molar-refractivity contribution in [2.75, 3.05) is 79.2 Å². The van der Waals surface area contributed by atoms with Crippen molar-refractivity contribution >= 4 is 35.5 Å². The van der Waals surface area contributed by atoms with Crippen LogP contribution in [0.15, 0.2) is 60.0 Å². The molecule has 1 saturated carbocycles. The summed E-state index contributed by atoms with van der Waals surface area (Å²) < 4.78 is 41.6. The van der Waals surface area contributed by atoms with Crippen molar-refractivity contribution in [2.45, 2.75) is 192 Å². The van der Waals surface area contributed by atoms with Gasteiger partial charge in [0.2, 0.25) is 11.7 Å². The molecule has 0 radical (unpaired) electrons. The second-order valence-corrected chi connectivity index (χ2v) is 24.4. The van der Waals surface area contributed by atoms with Crippen LogP contribution in [0.25, 0.3) is 0 Å². The highest BCUT2D eigenvalue weighted by atomic mass is 16.6. The lowest BCUT2D eigenvalue weighted by molar-refractivity contribution is -0.265. The van der Waals surface area contributed by atoms with Gasteiger partial charge in [-0.3, -0.25) is 19.3 Å². The number of alkyl carbamates (subject to hydrolysis) is 1. The first-order valence-electron chi connectivity index (χ1n) is 30.7. The first-order chi connectivity index (χ1) is 40.6. The number of aromatic nitrogens is 2. The van der Waals surface area contributed by atoms with Crippen LogP contribution < -0.4 is 16.0 Å². The molecule has 476 valence electrons. The summed E-state index contributed by atoms with van der Waals surface area (Å²) in [6, 6.07) is -1.99. The summed E-state index contributed by atoms with van der Waals surface area (Å²) in [4.78, 5) is 85.3. The van der Waals surface area contributed by atoms with Crippen LogP contribution in [0.4, 0.5) is 10.7 Å². The lowest BCUT2D eigenvalue weighted by Crippen LogP contribution is -2.61. The number of carbonyl (C=O) groups excluding carboxylic acids is 5. The quantitative estimate of drug-likeness (QED) is 0.0969. The molecular formula is C63H99N7O15. The molecule has 6 N–H and O–H groups in total. The number of cyclic esters (lactones) is 1. The van der Waals surface area contributed by atoms with Gasteiger partial charge in [0.15, 0.2) is 5.78 Å². The van der Waals surface area contributed by atoms with Crippen LogP contribution in [-0.4, -0.2) is 206 Å². The number of piperazine rings is 1. The number of rotatable bonds is 13. The summed E-state index contributed by atoms with van der Waals surface area (Å²) in [5.41, 5.74) is 9.06. The van der Waals surface area contributed by atoms with Crippen LogP contribution >= 0.6 is 0 Å². The van der Waals surface area contributed by atoms with Crippen LogP contribution in [-0.2, 0) is 58.9 Å². The Labute approximate surface area is 503 Å². The Hall–Kier alpha value is -5.01. The zero-order valence-corrected chi connectivity index (χ0v) is 52.0. The Morgan fingerprint density at radius 2 is 1.53 bits per heavy atom. The Morgan fingerprint density at radius 3 is 2.21 bits per heavy atom. The van der Waals surface area contributed by atoms with E-state index in [0.29, 0.717) is 87.9 Å². The molecule has 22 heteroatoms. The number of ketones is 2. The maximum atomic E-state index is 14.7. The van der Waals surface area contributed by atoms with Gasteiger partial charge >= 0.3 is 12.1 Å². The van der Waals surface area contributed by atoms with Gasteiger partial charge in [-0.25, -0.2) is 19.6 Å². The van der Waals surface area contributed by atoms with Gasteiger partial charge in [0.1, 0.15) is 30.5 Å². The molecule has 85 heavy (non-hydrogen) atoms. The molecular weight excluding hydrogens is 1090 g/mol. The van der Waals surface area contributed by atoms with E-state index in [0.717, 1.165) is 38.3 Å². The van der Waals surface area contributed by atoms with E-state index in [4.69, 9.17) is 38.9 Å². The van der Waals surface area contributed by atoms with Gasteiger partial charge < -0.3 is 69.3 Å². The number of piperidine rings is 1. The number of hydrogen-bond acceptors (Lipinski definition) is 20. The Bertz CT molecular complexity index is 2450. The number of methoxy groups -OCH3 is 4. The number of esters is 1. The molecule has 4 fully saturated rings. The number of aliphatic hydroxyl groups excluding tert-OH is 2. The summed E-state index contributed by atoms with van der Waals surface area (Å²) in [5, 5.41) is 37.6. The largest absolute Gasteiger partial charge is 0.459 e. The number of nitrogens with one attached hydrogen (secondary N) is 1. The molecule has 2 amide bonds. The number of nitrogens with two attached hydrogens (primary N) is 1. The average Bonchev–Trinajstić information content (AvgIpc) is 2.44. The minimum absolute atomic E-state index is 0.0430. The van der Waals surface area contributed by atoms with Crippen molar-refractivity contribution in [3.63, 3.8) is 0 Å². The Balaban J connectivity index is 1.18. The smallest absolute Gasteiger partial charge is 0.407 e. The SMILES string of the molecule is COCCN1CCN(c2ncc(CNC(=O)O[C@@H]3CC[C@@H](C[C@@H](N)[C@@H]4C[C@@H](OC)[C@H](C)/C=C(\C)[C@@H](O)[C@@H](O)C(=O)[C@H](C)C[C@H](C)/C=C/C=C/C=C(\C)[C@@H](OC)C[C@@H]5CC[C@@H](C)[C@@](O)(O5)C(=O)C(=O)N5CCCC[C@H]5C(=O)O4)C[C@H]3OC)cn2)CC1. The molecule has 2 bridgehead atoms. The van der Waals surface area contributed by atoms with E-state index in [1.165, 1.54) is 12.0 Å². The normalized spacial score (nSPS) is 35.7. The highest BCUT2D eigenvalue weighted by Gasteiger charge is 2.53. The Morgan fingerprint density at radius 1 is 0.812 bits per heavy atom. The molecule has 6 rings (SSSR count). The fourth-order valence-corrected chi connectivity index (χ4v) is 12.6. The molecule has 1 aromatic rings. The zero-order valence-electron chi connectivity index (χ0n) is 52.0. The highest BCUT2D eigenvalue weighted by molar-refractivity contribution is 6.39. The van der Waals surface area contributed by atoms with E-state index in [2.05, 4.69) is 25.1 Å². The number of hydrogen-bond donors (Lipinski definition) is 5. The molecule has 3 saturated heterocycles. The van der Waals surface area contributed by atoms with Crippen molar-refractivity contribution in [1.82, 2.24) is 25.1 Å². The van der Waals surface area contributed by atoms with E-state index >= 15 is 0 Å². The third kappa shape index (κ3) is 19.2. The number of amides is 2. The second kappa shape index (κ2) is 33.4. The molecule has 22 nitrogen and oxygen atoms in total.